The number of thioether (sulfide) groups is 1. The average molecular weight is 377 g/mol. The molecule has 2 fully saturated rings. The van der Waals surface area contributed by atoms with Crippen molar-refractivity contribution in [3.63, 3.8) is 0 Å². The summed E-state index contributed by atoms with van der Waals surface area (Å²) >= 11 is 1.64. The Morgan fingerprint density at radius 3 is 2.96 bits per heavy atom. The van der Waals surface area contributed by atoms with Gasteiger partial charge in [0, 0.05) is 31.0 Å². The van der Waals surface area contributed by atoms with Crippen molar-refractivity contribution in [2.24, 2.45) is 0 Å². The fourth-order valence-corrected chi connectivity index (χ4v) is 4.88. The van der Waals surface area contributed by atoms with Crippen molar-refractivity contribution in [1.29, 1.82) is 0 Å². The Morgan fingerprint density at radius 2 is 2.23 bits per heavy atom. The second kappa shape index (κ2) is 7.19. The molecule has 0 radical (unpaired) electrons. The Balaban J connectivity index is 1.60. The molecule has 0 unspecified atom stereocenters. The maximum Gasteiger partial charge on any atom is 0.246 e. The van der Waals surface area contributed by atoms with E-state index in [2.05, 4.69) is 5.32 Å². The van der Waals surface area contributed by atoms with Crippen LogP contribution in [0.15, 0.2) is 24.3 Å². The molecule has 1 N–H and O–H groups in total. The number of methoxy groups -OCH3 is 1. The van der Waals surface area contributed by atoms with Gasteiger partial charge < -0.3 is 19.9 Å². The highest BCUT2D eigenvalue weighted by molar-refractivity contribution is 8.01. The number of ether oxygens (including phenoxy) is 1. The number of carbonyl (C=O) groups excluding carboxylic acids is 3. The second-order valence-electron chi connectivity index (χ2n) is 6.74. The van der Waals surface area contributed by atoms with Gasteiger partial charge in [0.1, 0.15) is 11.8 Å². The van der Waals surface area contributed by atoms with E-state index in [0.717, 1.165) is 6.42 Å². The first kappa shape index (κ1) is 18.6. The highest BCUT2D eigenvalue weighted by Crippen LogP contribution is 2.47. The van der Waals surface area contributed by atoms with Crippen LogP contribution in [0.25, 0.3) is 0 Å². The van der Waals surface area contributed by atoms with E-state index >= 15 is 0 Å². The van der Waals surface area contributed by atoms with Crippen molar-refractivity contribution in [3.8, 4) is 5.75 Å². The number of benzene rings is 1. The van der Waals surface area contributed by atoms with Crippen molar-refractivity contribution in [2.75, 3.05) is 31.8 Å². The second-order valence-corrected chi connectivity index (χ2v) is 8.24. The number of hydrogen-bond donors (Lipinski definition) is 1. The lowest BCUT2D eigenvalue weighted by Crippen LogP contribution is -2.51. The molecule has 1 aromatic rings. The number of carbonyl (C=O) groups is 3. The zero-order chi connectivity index (χ0) is 18.9. The van der Waals surface area contributed by atoms with Crippen LogP contribution in [0.2, 0.25) is 0 Å². The van der Waals surface area contributed by atoms with Gasteiger partial charge in [0.25, 0.3) is 0 Å². The largest absolute Gasteiger partial charge is 0.497 e. The van der Waals surface area contributed by atoms with Gasteiger partial charge in [0.15, 0.2) is 0 Å². The van der Waals surface area contributed by atoms with Gasteiger partial charge in [0.05, 0.1) is 18.5 Å². The van der Waals surface area contributed by atoms with Crippen LogP contribution in [-0.2, 0) is 14.4 Å². The third kappa shape index (κ3) is 3.51. The average Bonchev–Trinajstić information content (AvgIpc) is 3.10. The molecule has 8 heteroatoms. The van der Waals surface area contributed by atoms with Crippen LogP contribution in [0.3, 0.4) is 0 Å². The normalized spacial score (nSPS) is 24.3. The number of nitrogens with one attached hydrogen (secondary N) is 1. The van der Waals surface area contributed by atoms with Crippen molar-refractivity contribution < 1.29 is 19.1 Å². The molecule has 0 aromatic heterocycles. The minimum absolute atomic E-state index is 0.0186. The molecule has 2 aliphatic rings. The molecule has 0 saturated carbocycles. The summed E-state index contributed by atoms with van der Waals surface area (Å²) in [7, 11) is 3.15. The minimum Gasteiger partial charge on any atom is -0.497 e. The van der Waals surface area contributed by atoms with Gasteiger partial charge in [-0.05, 0) is 25.5 Å². The number of rotatable bonds is 5. The maximum atomic E-state index is 12.8. The first-order valence-electron chi connectivity index (χ1n) is 8.49. The maximum absolute atomic E-state index is 12.8. The van der Waals surface area contributed by atoms with Crippen LogP contribution in [0.1, 0.15) is 19.8 Å². The minimum atomic E-state index is -0.491. The zero-order valence-electron chi connectivity index (χ0n) is 15.2. The Kier molecular flexibility index (Phi) is 5.13. The first-order chi connectivity index (χ1) is 12.3. The Labute approximate surface area is 157 Å². The van der Waals surface area contributed by atoms with Crippen LogP contribution >= 0.6 is 11.8 Å². The molecule has 140 valence electrons. The molecule has 1 aromatic carbocycles. The Bertz CT molecular complexity index is 741. The summed E-state index contributed by atoms with van der Waals surface area (Å²) in [6.07, 6.45) is 1.24. The molecule has 7 nitrogen and oxygen atoms in total. The first-order valence-corrected chi connectivity index (χ1v) is 9.47. The summed E-state index contributed by atoms with van der Waals surface area (Å²) in [5.41, 5.74) is 0.605. The molecular weight excluding hydrogens is 354 g/mol. The number of fused-ring (bicyclic) bond motifs is 1. The summed E-state index contributed by atoms with van der Waals surface area (Å²) in [5, 5.41) is 2.76. The van der Waals surface area contributed by atoms with Crippen molar-refractivity contribution >= 4 is 35.2 Å². The number of hydrogen-bond acceptors (Lipinski definition) is 5. The van der Waals surface area contributed by atoms with Crippen molar-refractivity contribution in [1.82, 2.24) is 9.80 Å². The number of likely N-dealkylation sites (N-methyl/N-ethyl adjacent to an activating group) is 1. The number of nitrogens with zero attached hydrogens (tertiary/aromatic N) is 2. The van der Waals surface area contributed by atoms with Crippen molar-refractivity contribution in [3.05, 3.63) is 24.3 Å². The summed E-state index contributed by atoms with van der Waals surface area (Å²) in [6.45, 7) is 1.93. The lowest BCUT2D eigenvalue weighted by Gasteiger charge is -2.31. The summed E-state index contributed by atoms with van der Waals surface area (Å²) in [6, 6.07) is 6.53. The molecule has 0 spiro atoms. The van der Waals surface area contributed by atoms with Gasteiger partial charge in [0.2, 0.25) is 17.7 Å². The highest BCUT2D eigenvalue weighted by Gasteiger charge is 2.53. The van der Waals surface area contributed by atoms with Crippen LogP contribution in [0.5, 0.6) is 5.75 Å². The monoisotopic (exact) mass is 377 g/mol. The summed E-state index contributed by atoms with van der Waals surface area (Å²) in [4.78, 5) is 40.0. The molecule has 3 amide bonds. The fourth-order valence-electron chi connectivity index (χ4n) is 3.45. The van der Waals surface area contributed by atoms with Gasteiger partial charge in [-0.25, -0.2) is 0 Å². The molecule has 26 heavy (non-hydrogen) atoms. The quantitative estimate of drug-likeness (QED) is 0.842. The fraction of sp³-hybridized carbons (Fsp3) is 0.500. The lowest BCUT2D eigenvalue weighted by molar-refractivity contribution is -0.143. The Morgan fingerprint density at radius 1 is 1.46 bits per heavy atom. The van der Waals surface area contributed by atoms with Crippen molar-refractivity contribution in [2.45, 2.75) is 30.7 Å². The molecule has 2 saturated heterocycles. The molecule has 3 rings (SSSR count). The standard InChI is InChI=1S/C18H23N3O4S/c1-18-8-7-16(23)21(18)14(11-26-18)17(24)20(2)10-15(22)19-12-5-4-6-13(9-12)25-3/h4-6,9,14H,7-8,10-11H2,1-3H3,(H,19,22)/t14-,18+/m1/s1. The van der Waals surface area contributed by atoms with E-state index in [-0.39, 0.29) is 29.1 Å². The summed E-state index contributed by atoms with van der Waals surface area (Å²) < 4.78 is 5.13. The predicted molar refractivity (Wildman–Crippen MR) is 100.0 cm³/mol. The van der Waals surface area contributed by atoms with E-state index < -0.39 is 6.04 Å². The van der Waals surface area contributed by atoms with E-state index in [4.69, 9.17) is 4.74 Å². The van der Waals surface area contributed by atoms with E-state index in [1.54, 1.807) is 55.1 Å². The third-order valence-electron chi connectivity index (χ3n) is 4.84. The van der Waals surface area contributed by atoms with Crippen LogP contribution in [0, 0.1) is 0 Å². The highest BCUT2D eigenvalue weighted by atomic mass is 32.2. The molecule has 2 heterocycles. The van der Waals surface area contributed by atoms with Crippen LogP contribution in [0.4, 0.5) is 5.69 Å². The topological polar surface area (TPSA) is 79.0 Å². The smallest absolute Gasteiger partial charge is 0.246 e. The van der Waals surface area contributed by atoms with Crippen LogP contribution < -0.4 is 10.1 Å². The van der Waals surface area contributed by atoms with Gasteiger partial charge in [-0.1, -0.05) is 6.07 Å². The Hall–Kier alpha value is -2.22. The van der Waals surface area contributed by atoms with E-state index in [1.807, 2.05) is 6.92 Å². The van der Waals surface area contributed by atoms with Gasteiger partial charge in [-0.3, -0.25) is 14.4 Å². The lowest BCUT2D eigenvalue weighted by atomic mass is 10.2. The predicted octanol–water partition coefficient (Wildman–Crippen LogP) is 1.55. The summed E-state index contributed by atoms with van der Waals surface area (Å²) in [5.74, 6) is 0.739. The van der Waals surface area contributed by atoms with E-state index in [1.165, 1.54) is 4.90 Å². The zero-order valence-corrected chi connectivity index (χ0v) is 16.0. The van der Waals surface area contributed by atoms with Crippen LogP contribution in [-0.4, -0.2) is 64.9 Å². The number of anilines is 1. The molecule has 2 aliphatic heterocycles. The van der Waals surface area contributed by atoms with E-state index in [9.17, 15) is 14.4 Å². The molecule has 0 bridgehead atoms. The molecule has 2 atom stereocenters. The molecular formula is C18H23N3O4S. The van der Waals surface area contributed by atoms with Gasteiger partial charge in [-0.2, -0.15) is 0 Å². The van der Waals surface area contributed by atoms with Gasteiger partial charge in [-0.15, -0.1) is 11.8 Å². The third-order valence-corrected chi connectivity index (χ3v) is 6.35. The SMILES string of the molecule is COc1cccc(NC(=O)CN(C)C(=O)[C@H]2CS[C@@]3(C)CCC(=O)N23)c1. The van der Waals surface area contributed by atoms with Gasteiger partial charge >= 0.3 is 0 Å². The number of amides is 3. The molecule has 0 aliphatic carbocycles. The van der Waals surface area contributed by atoms with E-state index in [0.29, 0.717) is 23.6 Å².